The molecule has 0 saturated carbocycles. The topological polar surface area (TPSA) is 66.5 Å². The third-order valence-corrected chi connectivity index (χ3v) is 6.37. The highest BCUT2D eigenvalue weighted by molar-refractivity contribution is 7.89. The van der Waals surface area contributed by atoms with Crippen molar-refractivity contribution in [2.24, 2.45) is 0 Å². The van der Waals surface area contributed by atoms with Gasteiger partial charge in [0.15, 0.2) is 0 Å². The Bertz CT molecular complexity index is 887. The molecule has 3 rings (SSSR count). The Morgan fingerprint density at radius 1 is 1.00 bits per heavy atom. The number of aryl methyl sites for hydroxylation is 1. The second-order valence-electron chi connectivity index (χ2n) is 6.42. The van der Waals surface area contributed by atoms with E-state index in [1.807, 2.05) is 12.1 Å². The van der Waals surface area contributed by atoms with Crippen molar-refractivity contribution < 1.29 is 13.2 Å². The molecule has 2 aromatic carbocycles. The lowest BCUT2D eigenvalue weighted by Gasteiger charge is -2.19. The minimum atomic E-state index is -3.49. The van der Waals surface area contributed by atoms with Gasteiger partial charge in [0.2, 0.25) is 10.0 Å². The predicted octanol–water partition coefficient (Wildman–Crippen LogP) is 3.07. The molecule has 1 amide bonds. The fourth-order valence-corrected chi connectivity index (χ4v) is 3.98. The Labute approximate surface area is 148 Å². The lowest BCUT2D eigenvalue weighted by atomic mass is 9.90. The maximum Gasteiger partial charge on any atom is 0.255 e. The molecule has 5 nitrogen and oxygen atoms in total. The Morgan fingerprint density at radius 3 is 2.36 bits per heavy atom. The molecule has 1 aliphatic carbocycles. The SMILES string of the molecule is CN(C)S(=O)(=O)c1ccc(C(=O)Nc2cccc3c2CCCC3)cc1. The van der Waals surface area contributed by atoms with Gasteiger partial charge in [0.1, 0.15) is 0 Å². The summed E-state index contributed by atoms with van der Waals surface area (Å²) in [4.78, 5) is 12.7. The molecule has 0 spiro atoms. The average molecular weight is 358 g/mol. The maximum atomic E-state index is 12.5. The van der Waals surface area contributed by atoms with Crippen molar-refractivity contribution in [2.45, 2.75) is 30.6 Å². The summed E-state index contributed by atoms with van der Waals surface area (Å²) in [5.41, 5.74) is 3.81. The van der Waals surface area contributed by atoms with E-state index in [0.29, 0.717) is 5.56 Å². The first-order valence-corrected chi connectivity index (χ1v) is 9.78. The van der Waals surface area contributed by atoms with Gasteiger partial charge in [-0.15, -0.1) is 0 Å². The second kappa shape index (κ2) is 6.98. The number of nitrogens with zero attached hydrogens (tertiary/aromatic N) is 1. The van der Waals surface area contributed by atoms with Gasteiger partial charge in [-0.3, -0.25) is 4.79 Å². The number of hydrogen-bond donors (Lipinski definition) is 1. The van der Waals surface area contributed by atoms with Gasteiger partial charge < -0.3 is 5.32 Å². The summed E-state index contributed by atoms with van der Waals surface area (Å²) in [7, 11) is -0.527. The summed E-state index contributed by atoms with van der Waals surface area (Å²) in [5.74, 6) is -0.229. The van der Waals surface area contributed by atoms with E-state index in [2.05, 4.69) is 11.4 Å². The summed E-state index contributed by atoms with van der Waals surface area (Å²) < 4.78 is 25.3. The first kappa shape index (κ1) is 17.6. The van der Waals surface area contributed by atoms with Crippen molar-refractivity contribution in [2.75, 3.05) is 19.4 Å². The Hall–Kier alpha value is -2.18. The second-order valence-corrected chi connectivity index (χ2v) is 8.57. The van der Waals surface area contributed by atoms with Gasteiger partial charge in [-0.05, 0) is 67.1 Å². The summed E-state index contributed by atoms with van der Waals surface area (Å²) in [6.07, 6.45) is 4.35. The Balaban J connectivity index is 1.81. The van der Waals surface area contributed by atoms with Crippen LogP contribution in [0.15, 0.2) is 47.4 Å². The molecule has 25 heavy (non-hydrogen) atoms. The number of hydrogen-bond acceptors (Lipinski definition) is 3. The molecule has 1 N–H and O–H groups in total. The van der Waals surface area contributed by atoms with Crippen LogP contribution in [-0.4, -0.2) is 32.7 Å². The molecular weight excluding hydrogens is 336 g/mol. The van der Waals surface area contributed by atoms with Crippen molar-refractivity contribution in [3.63, 3.8) is 0 Å². The first-order chi connectivity index (χ1) is 11.9. The molecule has 0 unspecified atom stereocenters. The zero-order chi connectivity index (χ0) is 18.0. The summed E-state index contributed by atoms with van der Waals surface area (Å²) in [6.45, 7) is 0. The number of fused-ring (bicyclic) bond motifs is 1. The van der Waals surface area contributed by atoms with Gasteiger partial charge in [0, 0.05) is 25.3 Å². The smallest absolute Gasteiger partial charge is 0.255 e. The van der Waals surface area contributed by atoms with Crippen molar-refractivity contribution in [3.05, 3.63) is 59.2 Å². The fraction of sp³-hybridized carbons (Fsp3) is 0.316. The molecule has 0 radical (unpaired) electrons. The summed E-state index contributed by atoms with van der Waals surface area (Å²) in [5, 5.41) is 2.97. The van der Waals surface area contributed by atoms with Gasteiger partial charge in [-0.2, -0.15) is 0 Å². The number of anilines is 1. The lowest BCUT2D eigenvalue weighted by molar-refractivity contribution is 0.102. The van der Waals surface area contributed by atoms with Gasteiger partial charge in [0.05, 0.1) is 4.90 Å². The zero-order valence-electron chi connectivity index (χ0n) is 14.5. The van der Waals surface area contributed by atoms with Crippen LogP contribution in [0.3, 0.4) is 0 Å². The van der Waals surface area contributed by atoms with Crippen LogP contribution in [0.1, 0.15) is 34.3 Å². The van der Waals surface area contributed by atoms with Crippen LogP contribution in [0.4, 0.5) is 5.69 Å². The predicted molar refractivity (Wildman–Crippen MR) is 98.4 cm³/mol. The molecule has 6 heteroatoms. The third-order valence-electron chi connectivity index (χ3n) is 4.54. The molecule has 2 aromatic rings. The molecule has 0 saturated heterocycles. The monoisotopic (exact) mass is 358 g/mol. The molecule has 132 valence electrons. The van der Waals surface area contributed by atoms with Gasteiger partial charge in [-0.1, -0.05) is 12.1 Å². The van der Waals surface area contributed by atoms with Crippen molar-refractivity contribution >= 4 is 21.6 Å². The van der Waals surface area contributed by atoms with Crippen LogP contribution in [-0.2, 0) is 22.9 Å². The third kappa shape index (κ3) is 3.60. The van der Waals surface area contributed by atoms with Crippen molar-refractivity contribution in [3.8, 4) is 0 Å². The van der Waals surface area contributed by atoms with Gasteiger partial charge >= 0.3 is 0 Å². The van der Waals surface area contributed by atoms with Crippen LogP contribution < -0.4 is 5.32 Å². The normalized spacial score (nSPS) is 14.2. The standard InChI is InChI=1S/C19H22N2O3S/c1-21(2)25(23,24)16-12-10-15(11-13-16)19(22)20-18-9-5-7-14-6-3-4-8-17(14)18/h5,7,9-13H,3-4,6,8H2,1-2H3,(H,20,22). The van der Waals surface area contributed by atoms with Gasteiger partial charge in [0.25, 0.3) is 5.91 Å². The lowest BCUT2D eigenvalue weighted by Crippen LogP contribution is -2.22. The van der Waals surface area contributed by atoms with E-state index in [1.165, 1.54) is 43.8 Å². The van der Waals surface area contributed by atoms with Crippen molar-refractivity contribution in [1.29, 1.82) is 0 Å². The van der Waals surface area contributed by atoms with E-state index in [0.717, 1.165) is 29.3 Å². The number of benzene rings is 2. The minimum absolute atomic E-state index is 0.172. The molecule has 1 aliphatic rings. The number of carbonyl (C=O) groups is 1. The van der Waals surface area contributed by atoms with Crippen LogP contribution in [0.25, 0.3) is 0 Å². The van der Waals surface area contributed by atoms with E-state index in [9.17, 15) is 13.2 Å². The fourth-order valence-electron chi connectivity index (χ4n) is 3.08. The summed E-state index contributed by atoms with van der Waals surface area (Å²) >= 11 is 0. The van der Waals surface area contributed by atoms with E-state index in [-0.39, 0.29) is 10.8 Å². The van der Waals surface area contributed by atoms with Crippen LogP contribution in [0.2, 0.25) is 0 Å². The number of nitrogens with one attached hydrogen (secondary N) is 1. The Morgan fingerprint density at radius 2 is 1.68 bits per heavy atom. The van der Waals surface area contributed by atoms with Crippen LogP contribution in [0.5, 0.6) is 0 Å². The molecular formula is C19H22N2O3S. The highest BCUT2D eigenvalue weighted by Gasteiger charge is 2.18. The largest absolute Gasteiger partial charge is 0.322 e. The average Bonchev–Trinajstić information content (AvgIpc) is 2.62. The molecule has 0 atom stereocenters. The quantitative estimate of drug-likeness (QED) is 0.913. The van der Waals surface area contributed by atoms with Crippen molar-refractivity contribution in [1.82, 2.24) is 4.31 Å². The van der Waals surface area contributed by atoms with Crippen LogP contribution >= 0.6 is 0 Å². The maximum absolute atomic E-state index is 12.5. The van der Waals surface area contributed by atoms with E-state index >= 15 is 0 Å². The van der Waals surface area contributed by atoms with Gasteiger partial charge in [-0.25, -0.2) is 12.7 Å². The minimum Gasteiger partial charge on any atom is -0.322 e. The van der Waals surface area contributed by atoms with E-state index in [1.54, 1.807) is 12.1 Å². The number of carbonyl (C=O) groups excluding carboxylic acids is 1. The zero-order valence-corrected chi connectivity index (χ0v) is 15.3. The molecule has 0 aromatic heterocycles. The molecule has 0 bridgehead atoms. The Kier molecular flexibility index (Phi) is 4.92. The highest BCUT2D eigenvalue weighted by atomic mass is 32.2. The van der Waals surface area contributed by atoms with E-state index in [4.69, 9.17) is 0 Å². The molecule has 0 heterocycles. The number of rotatable bonds is 4. The van der Waals surface area contributed by atoms with Crippen LogP contribution in [0, 0.1) is 0 Å². The number of amides is 1. The summed E-state index contributed by atoms with van der Waals surface area (Å²) in [6, 6.07) is 12.0. The highest BCUT2D eigenvalue weighted by Crippen LogP contribution is 2.28. The molecule has 0 fully saturated rings. The van der Waals surface area contributed by atoms with E-state index < -0.39 is 10.0 Å². The molecule has 0 aliphatic heterocycles. The number of sulfonamides is 1. The first-order valence-electron chi connectivity index (χ1n) is 8.34.